The van der Waals surface area contributed by atoms with Crippen molar-refractivity contribution in [3.63, 3.8) is 0 Å². The van der Waals surface area contributed by atoms with Crippen molar-refractivity contribution in [1.82, 2.24) is 51.3 Å². The van der Waals surface area contributed by atoms with E-state index in [1.54, 1.807) is 91.4 Å². The summed E-state index contributed by atoms with van der Waals surface area (Å²) in [5.74, 6) is -6.86. The molecule has 608 valence electrons. The van der Waals surface area contributed by atoms with Crippen LogP contribution in [0.15, 0.2) is 120 Å². The van der Waals surface area contributed by atoms with E-state index in [2.05, 4.69) is 48.7 Å². The van der Waals surface area contributed by atoms with Crippen molar-refractivity contribution in [3.8, 4) is 0 Å². The van der Waals surface area contributed by atoms with Gasteiger partial charge in [0.25, 0.3) is 29.1 Å². The van der Waals surface area contributed by atoms with Gasteiger partial charge in [0, 0.05) is 68.8 Å². The van der Waals surface area contributed by atoms with E-state index in [9.17, 15) is 73.3 Å². The number of nitrogens with one attached hydrogen (secondary N) is 4. The first-order valence-electron chi connectivity index (χ1n) is 36.6. The van der Waals surface area contributed by atoms with Crippen LogP contribution in [-0.4, -0.2) is 200 Å². The number of halogens is 1. The standard InChI is InChI=1S/C32H43N5O6.C25H34BrN5O4.C16H12N2O7.C7H12O3/c1-19(2)27-28(38)33-20(3)29(39)37-16-8-9-25(35-37)30(40)36(6)21(4)24-13-12-23-11-10-22(17-26(23)34-24)14-15-32(5,18-42-7)31(41)43-27;1-14(2)22(32)23(33)27-15(3)24(34)31-12-6-7-20(29-31)25(35)30(5)16(4)19-11-9-17-8-10-18(26)13-21(17)28-19;1-9-5-3-7-11(17(21)22)13(9)15(19)25-16(20)14-10(2)6-4-8-12(14)18(23)24;1-4-7(2,5-10-3)6(8)9/h10-15,17,19-21,25,27,35H,8-9,16,18H2,1-7H3,(H,33,38);8-11,13-16,20,22,29,32H,6-7,12H2,1-5H3,(H,27,33);3-8H,1-2H3;4H,1,5H2,2-3H3,(H,8,9)/b15-14+;;;/t20-,21+,25-,27-,32+;15-,16+,20-,22-;;7-/m00.1/s1. The quantitative estimate of drug-likeness (QED) is 0.0153. The van der Waals surface area contributed by atoms with Crippen molar-refractivity contribution in [2.24, 2.45) is 22.7 Å². The molecule has 6 N–H and O–H groups in total. The molecule has 5 heterocycles. The third kappa shape index (κ3) is 23.4. The van der Waals surface area contributed by atoms with E-state index in [0.717, 1.165) is 55.4 Å². The van der Waals surface area contributed by atoms with Gasteiger partial charge >= 0.3 is 23.9 Å². The minimum atomic E-state index is -1.24. The van der Waals surface area contributed by atoms with Crippen LogP contribution < -0.4 is 21.5 Å². The average molecular weight is 1630 g/mol. The Labute approximate surface area is 663 Å². The van der Waals surface area contributed by atoms with Crippen molar-refractivity contribution in [3.05, 3.63) is 180 Å². The fraction of sp³-hybridized carbons (Fsp3) is 0.450. The van der Waals surface area contributed by atoms with Gasteiger partial charge in [-0.2, -0.15) is 0 Å². The Kier molecular flexibility index (Phi) is 32.7. The summed E-state index contributed by atoms with van der Waals surface area (Å²) in [6.45, 7) is 24.5. The first-order chi connectivity index (χ1) is 53.1. The summed E-state index contributed by atoms with van der Waals surface area (Å²) in [6.07, 6.45) is 4.98. The van der Waals surface area contributed by atoms with Crippen molar-refractivity contribution in [2.75, 3.05) is 54.6 Å². The van der Waals surface area contributed by atoms with Crippen LogP contribution >= 0.6 is 15.9 Å². The molecule has 5 bridgehead atoms. The van der Waals surface area contributed by atoms with Gasteiger partial charge in [0.05, 0.1) is 57.6 Å². The summed E-state index contributed by atoms with van der Waals surface area (Å²) in [6, 6.07) is 23.8. The summed E-state index contributed by atoms with van der Waals surface area (Å²) < 4.78 is 21.5. The summed E-state index contributed by atoms with van der Waals surface area (Å²) >= 11 is 3.47. The number of aliphatic hydroxyl groups excluding tert-OH is 1. The van der Waals surface area contributed by atoms with Gasteiger partial charge < -0.3 is 49.6 Å². The smallest absolute Gasteiger partial charge is 0.353 e. The maximum absolute atomic E-state index is 13.5. The number of likely N-dealkylation sites (N-methyl/N-ethyl adjacent to an activating group) is 2. The van der Waals surface area contributed by atoms with Crippen molar-refractivity contribution < 1.29 is 87.0 Å². The maximum Gasteiger partial charge on any atom is 0.353 e. The lowest BCUT2D eigenvalue weighted by molar-refractivity contribution is -0.385. The SMILES string of the molecule is C=C[C@](C)(COC)C(=O)O.CC(C)[C@H](O)C(=O)N[C@@H](C)C(=O)N1CCC[C@@H](C(=O)N(C)[C@H](C)c2ccc3ccc(Br)cc3n2)N1.COC[C@@]1(C)/C=C/c2ccc3ccc(nc3c2)[C@@H](C)N(C)C(=O)[C@@H]2CCCN(N2)C(=O)[C@H](C)NC(=O)[C@H](C(C)C)OC1=O.Cc1cccc([N+](=O)[O-])c1C(=O)OC(=O)c1c(C)cccc1[N+](=O)[O-]. The van der Waals surface area contributed by atoms with Crippen LogP contribution in [-0.2, 0) is 57.3 Å². The van der Waals surface area contributed by atoms with Crippen molar-refractivity contribution in [1.29, 1.82) is 0 Å². The summed E-state index contributed by atoms with van der Waals surface area (Å²) in [5, 5.41) is 50.6. The number of esters is 3. The number of fused-ring (bicyclic) bond motifs is 5. The Morgan fingerprint density at radius 2 is 1.39 bits per heavy atom. The molecule has 0 aliphatic carbocycles. The Morgan fingerprint density at radius 3 is 1.94 bits per heavy atom. The van der Waals surface area contributed by atoms with E-state index >= 15 is 0 Å². The molecule has 10 atom stereocenters. The highest BCUT2D eigenvalue weighted by molar-refractivity contribution is 9.10. The van der Waals surface area contributed by atoms with Gasteiger partial charge in [-0.15, -0.1) is 6.58 Å². The van der Waals surface area contributed by atoms with Crippen LogP contribution in [0.1, 0.15) is 156 Å². The number of nitrogens with zero attached hydrogens (tertiary/aromatic N) is 8. The summed E-state index contributed by atoms with van der Waals surface area (Å²) in [5.41, 5.74) is 6.55. The number of carboxylic acid groups (broad SMARTS) is 1. The highest BCUT2D eigenvalue weighted by Gasteiger charge is 2.41. The largest absolute Gasteiger partial charge is 0.481 e. The van der Waals surface area contributed by atoms with Gasteiger partial charge in [0.15, 0.2) is 6.10 Å². The Balaban J connectivity index is 0.000000255. The highest BCUT2D eigenvalue weighted by Crippen LogP contribution is 2.31. The van der Waals surface area contributed by atoms with Crippen LogP contribution in [0.3, 0.4) is 0 Å². The predicted octanol–water partition coefficient (Wildman–Crippen LogP) is 9.56. The monoisotopic (exact) mass is 1630 g/mol. The average Bonchev–Trinajstić information content (AvgIpc) is 1.58. The molecule has 3 aliphatic heterocycles. The molecule has 32 nitrogen and oxygen atoms in total. The molecule has 2 saturated heterocycles. The van der Waals surface area contributed by atoms with Crippen LogP contribution in [0, 0.1) is 56.7 Å². The van der Waals surface area contributed by atoms with Crippen LogP contribution in [0.25, 0.3) is 27.9 Å². The number of hydrogen-bond donors (Lipinski definition) is 6. The van der Waals surface area contributed by atoms with E-state index in [0.29, 0.717) is 38.8 Å². The molecule has 6 amide bonds. The zero-order valence-corrected chi connectivity index (χ0v) is 67.9. The lowest BCUT2D eigenvalue weighted by Gasteiger charge is -2.37. The second-order valence-electron chi connectivity index (χ2n) is 29.0. The number of nitro groups is 2. The Bertz CT molecular complexity index is 4500. The van der Waals surface area contributed by atoms with Gasteiger partial charge in [-0.3, -0.25) is 78.6 Å². The molecule has 0 spiro atoms. The third-order valence-electron chi connectivity index (χ3n) is 19.5. The van der Waals surface area contributed by atoms with E-state index < -0.39 is 104 Å². The van der Waals surface area contributed by atoms with Gasteiger partial charge in [-0.25, -0.2) is 20.4 Å². The zero-order chi connectivity index (χ0) is 84.3. The molecule has 9 rings (SSSR count). The van der Waals surface area contributed by atoms with E-state index in [-0.39, 0.29) is 83.0 Å². The molecule has 6 aromatic rings. The summed E-state index contributed by atoms with van der Waals surface area (Å²) in [7, 11) is 6.43. The lowest BCUT2D eigenvalue weighted by Crippen LogP contribution is -2.61. The number of hydrazine groups is 2. The van der Waals surface area contributed by atoms with Gasteiger partial charge in [-0.05, 0) is 140 Å². The fourth-order valence-corrected chi connectivity index (χ4v) is 12.5. The molecule has 33 heteroatoms. The Morgan fingerprint density at radius 1 is 0.814 bits per heavy atom. The van der Waals surface area contributed by atoms with Crippen LogP contribution in [0.5, 0.6) is 0 Å². The molecule has 0 saturated carbocycles. The van der Waals surface area contributed by atoms with Crippen molar-refractivity contribution in [2.45, 2.75) is 157 Å². The number of hydrogen-bond acceptors (Lipinski definition) is 23. The first-order valence-corrected chi connectivity index (χ1v) is 37.4. The molecule has 2 fully saturated rings. The number of amides is 6. The number of ether oxygens (including phenoxy) is 4. The number of aliphatic carboxylic acids is 1. The number of carboxylic acids is 1. The molecule has 4 aromatic carbocycles. The maximum atomic E-state index is 13.5. The number of carbonyl (C=O) groups is 10. The minimum Gasteiger partial charge on any atom is -0.481 e. The van der Waals surface area contributed by atoms with Crippen LogP contribution in [0.4, 0.5) is 11.4 Å². The molecule has 3 aliphatic rings. The van der Waals surface area contributed by atoms with E-state index in [1.165, 1.54) is 68.4 Å². The molecule has 2 aromatic heterocycles. The number of aliphatic hydroxyl groups is 1. The van der Waals surface area contributed by atoms with Crippen molar-refractivity contribution >= 4 is 115 Å². The van der Waals surface area contributed by atoms with E-state index in [4.69, 9.17) is 29.3 Å². The number of pyridine rings is 2. The number of rotatable bonds is 18. The molecule has 113 heavy (non-hydrogen) atoms. The number of cyclic esters (lactones) is 1. The van der Waals surface area contributed by atoms with E-state index in [1.807, 2.05) is 74.5 Å². The third-order valence-corrected chi connectivity index (χ3v) is 20.0. The lowest BCUT2D eigenvalue weighted by atomic mass is 9.90. The normalized spacial score (nSPS) is 20.4. The number of methoxy groups -OCH3 is 2. The number of aryl methyl sites for hydroxylation is 2. The number of carbonyl (C=O) groups excluding carboxylic acids is 9. The second kappa shape index (κ2) is 40.6. The Hall–Kier alpha value is -10.8. The predicted molar refractivity (Wildman–Crippen MR) is 422 cm³/mol. The summed E-state index contributed by atoms with van der Waals surface area (Å²) in [4.78, 5) is 161. The van der Waals surface area contributed by atoms with Gasteiger partial charge in [0.1, 0.15) is 52.2 Å². The fourth-order valence-electron chi connectivity index (χ4n) is 12.2. The molecular formula is C80H101BrN12O20. The highest BCUT2D eigenvalue weighted by atomic mass is 79.9. The topological polar surface area (TPSA) is 421 Å². The minimum absolute atomic E-state index is 0.0271. The van der Waals surface area contributed by atoms with Gasteiger partial charge in [0.2, 0.25) is 17.7 Å². The first kappa shape index (κ1) is 91.0. The zero-order valence-electron chi connectivity index (χ0n) is 66.3. The molecular weight excluding hydrogens is 1530 g/mol. The van der Waals surface area contributed by atoms with Crippen LogP contribution in [0.2, 0.25) is 0 Å². The van der Waals surface area contributed by atoms with Gasteiger partial charge in [-0.1, -0.05) is 116 Å². The molecule has 0 unspecified atom stereocenters. The second-order valence-corrected chi connectivity index (χ2v) is 29.9. The number of nitro benzene ring substituents is 2. The number of aromatic nitrogens is 2. The number of benzene rings is 4. The molecule has 0 radical (unpaired) electrons.